The Hall–Kier alpha value is -0.920. The van der Waals surface area contributed by atoms with Gasteiger partial charge in [-0.05, 0) is 93.4 Å². The van der Waals surface area contributed by atoms with E-state index in [0.717, 1.165) is 47.9 Å². The van der Waals surface area contributed by atoms with Crippen molar-refractivity contribution in [1.82, 2.24) is 9.62 Å². The van der Waals surface area contributed by atoms with Crippen LogP contribution in [0.3, 0.4) is 0 Å². The number of halogens is 1. The first-order valence-electron chi connectivity index (χ1n) is 10.4. The molecule has 4 aliphatic carbocycles. The number of rotatable bonds is 4. The second kappa shape index (κ2) is 6.81. The minimum Gasteiger partial charge on any atom is -0.349 e. The van der Waals surface area contributed by atoms with Gasteiger partial charge in [-0.3, -0.25) is 4.79 Å². The molecule has 5 fully saturated rings. The average Bonchev–Trinajstić information content (AvgIpc) is 3.11. The molecule has 1 heterocycles. The van der Waals surface area contributed by atoms with E-state index >= 15 is 0 Å². The Morgan fingerprint density at radius 2 is 1.61 bits per heavy atom. The summed E-state index contributed by atoms with van der Waals surface area (Å²) >= 11 is 3.35. The molecule has 1 atom stereocenters. The fraction of sp³-hybridized carbons (Fsp3) is 0.667. The van der Waals surface area contributed by atoms with Crippen molar-refractivity contribution in [2.24, 2.45) is 17.8 Å². The van der Waals surface area contributed by atoms with Gasteiger partial charge in [0, 0.05) is 16.6 Å². The van der Waals surface area contributed by atoms with Crippen LogP contribution < -0.4 is 5.32 Å². The Balaban J connectivity index is 1.35. The highest BCUT2D eigenvalue weighted by molar-refractivity contribution is 9.10. The zero-order chi connectivity index (χ0) is 19.5. The van der Waals surface area contributed by atoms with Gasteiger partial charge in [0.15, 0.2) is 0 Å². The second-order valence-corrected chi connectivity index (χ2v) is 12.2. The van der Waals surface area contributed by atoms with Crippen molar-refractivity contribution >= 4 is 31.9 Å². The van der Waals surface area contributed by atoms with E-state index in [-0.39, 0.29) is 16.3 Å². The van der Waals surface area contributed by atoms with Crippen LogP contribution in [0.1, 0.15) is 51.4 Å². The third-order valence-electron chi connectivity index (χ3n) is 7.35. The lowest BCUT2D eigenvalue weighted by molar-refractivity contribution is -0.130. The highest BCUT2D eigenvalue weighted by Crippen LogP contribution is 2.55. The van der Waals surface area contributed by atoms with Gasteiger partial charge in [-0.1, -0.05) is 15.9 Å². The molecule has 1 aliphatic heterocycles. The molecule has 4 bridgehead atoms. The molecule has 7 heteroatoms. The molecule has 0 aromatic heterocycles. The third-order valence-corrected chi connectivity index (χ3v) is 9.80. The average molecular weight is 467 g/mol. The normalized spacial score (nSPS) is 37.3. The molecule has 5 nitrogen and oxygen atoms in total. The highest BCUT2D eigenvalue weighted by atomic mass is 79.9. The maximum Gasteiger partial charge on any atom is 0.243 e. The Kier molecular flexibility index (Phi) is 4.64. The molecule has 1 aromatic rings. The fourth-order valence-corrected chi connectivity index (χ4v) is 8.56. The second-order valence-electron chi connectivity index (χ2n) is 9.41. The van der Waals surface area contributed by atoms with Crippen LogP contribution in [-0.2, 0) is 14.8 Å². The minimum atomic E-state index is -3.66. The molecule has 4 saturated carbocycles. The summed E-state index contributed by atoms with van der Waals surface area (Å²) in [6, 6.07) is 6.08. The molecule has 0 unspecified atom stereocenters. The summed E-state index contributed by atoms with van der Waals surface area (Å²) in [4.78, 5) is 13.5. The first-order valence-corrected chi connectivity index (χ1v) is 12.7. The van der Waals surface area contributed by atoms with Crippen LogP contribution in [-0.4, -0.2) is 36.8 Å². The Labute approximate surface area is 175 Å². The summed E-state index contributed by atoms with van der Waals surface area (Å²) in [5.41, 5.74) is -0.0819. The lowest BCUT2D eigenvalue weighted by atomic mass is 9.53. The van der Waals surface area contributed by atoms with Crippen LogP contribution >= 0.6 is 15.9 Å². The smallest absolute Gasteiger partial charge is 0.243 e. The molecule has 0 radical (unpaired) electrons. The number of sulfonamides is 1. The van der Waals surface area contributed by atoms with Gasteiger partial charge in [0.1, 0.15) is 6.04 Å². The van der Waals surface area contributed by atoms with Crippen molar-refractivity contribution in [3.05, 3.63) is 28.7 Å². The van der Waals surface area contributed by atoms with Gasteiger partial charge < -0.3 is 5.32 Å². The van der Waals surface area contributed by atoms with E-state index in [2.05, 4.69) is 21.2 Å². The Bertz CT molecular complexity index is 848. The van der Waals surface area contributed by atoms with Crippen molar-refractivity contribution in [3.63, 3.8) is 0 Å². The molecule has 1 aromatic carbocycles. The summed E-state index contributed by atoms with van der Waals surface area (Å²) in [6.45, 7) is 0.414. The quantitative estimate of drug-likeness (QED) is 0.735. The number of hydrogen-bond acceptors (Lipinski definition) is 3. The molecule has 0 spiro atoms. The van der Waals surface area contributed by atoms with Crippen LogP contribution in [0.15, 0.2) is 33.6 Å². The lowest BCUT2D eigenvalue weighted by Crippen LogP contribution is -2.62. The van der Waals surface area contributed by atoms with Crippen molar-refractivity contribution in [3.8, 4) is 0 Å². The lowest BCUT2D eigenvalue weighted by Gasteiger charge is -2.57. The number of benzene rings is 1. The van der Waals surface area contributed by atoms with E-state index in [1.807, 2.05) is 0 Å². The number of carbonyl (C=O) groups excluding carboxylic acids is 1. The van der Waals surface area contributed by atoms with Gasteiger partial charge >= 0.3 is 0 Å². The van der Waals surface area contributed by atoms with E-state index in [0.29, 0.717) is 13.0 Å². The van der Waals surface area contributed by atoms with Crippen molar-refractivity contribution in [2.45, 2.75) is 67.8 Å². The Morgan fingerprint density at radius 3 is 2.18 bits per heavy atom. The van der Waals surface area contributed by atoms with E-state index in [9.17, 15) is 13.2 Å². The third kappa shape index (κ3) is 3.23. The summed E-state index contributed by atoms with van der Waals surface area (Å²) in [5, 5.41) is 3.38. The number of nitrogens with zero attached hydrogens (tertiary/aromatic N) is 1. The molecule has 1 amide bonds. The zero-order valence-corrected chi connectivity index (χ0v) is 18.3. The predicted molar refractivity (Wildman–Crippen MR) is 110 cm³/mol. The standard InChI is InChI=1S/C21H27BrN2O3S/c22-17-3-5-18(6-4-17)28(26,27)24-7-1-2-19(24)20(25)23-21-11-14-8-15(12-21)10-16(9-14)13-21/h3-6,14-16,19H,1-2,7-13H2,(H,23,25)/t14?,15?,16?,19-,21?/m1/s1. The van der Waals surface area contributed by atoms with Crippen LogP contribution in [0.4, 0.5) is 0 Å². The van der Waals surface area contributed by atoms with Crippen LogP contribution in [0, 0.1) is 17.8 Å². The predicted octanol–water partition coefficient (Wildman–Crippen LogP) is 3.69. The monoisotopic (exact) mass is 466 g/mol. The van der Waals surface area contributed by atoms with Gasteiger partial charge in [0.2, 0.25) is 15.9 Å². The van der Waals surface area contributed by atoms with Gasteiger partial charge in [0.05, 0.1) is 4.90 Å². The van der Waals surface area contributed by atoms with Crippen molar-refractivity contribution < 1.29 is 13.2 Å². The van der Waals surface area contributed by atoms with Gasteiger partial charge in [-0.15, -0.1) is 0 Å². The van der Waals surface area contributed by atoms with E-state index in [1.165, 1.54) is 23.6 Å². The fourth-order valence-electron chi connectivity index (χ4n) is 6.64. The number of hydrogen-bond donors (Lipinski definition) is 1. The molecule has 1 N–H and O–H groups in total. The summed E-state index contributed by atoms with van der Waals surface area (Å²) < 4.78 is 28.6. The molecule has 28 heavy (non-hydrogen) atoms. The van der Waals surface area contributed by atoms with Crippen LogP contribution in [0.5, 0.6) is 0 Å². The van der Waals surface area contributed by atoms with Gasteiger partial charge in [-0.2, -0.15) is 4.31 Å². The number of amides is 1. The maximum absolute atomic E-state index is 13.2. The van der Waals surface area contributed by atoms with Crippen molar-refractivity contribution in [2.75, 3.05) is 6.54 Å². The maximum atomic E-state index is 13.2. The van der Waals surface area contributed by atoms with Crippen molar-refractivity contribution in [1.29, 1.82) is 0 Å². The van der Waals surface area contributed by atoms with E-state index in [1.54, 1.807) is 24.3 Å². The molecule has 1 saturated heterocycles. The summed E-state index contributed by atoms with van der Waals surface area (Å²) in [6.07, 6.45) is 8.54. The summed E-state index contributed by atoms with van der Waals surface area (Å²) in [5.74, 6) is 2.16. The van der Waals surface area contributed by atoms with E-state index in [4.69, 9.17) is 0 Å². The topological polar surface area (TPSA) is 66.5 Å². The minimum absolute atomic E-state index is 0.0819. The Morgan fingerprint density at radius 1 is 1.04 bits per heavy atom. The zero-order valence-electron chi connectivity index (χ0n) is 15.9. The highest BCUT2D eigenvalue weighted by Gasteiger charge is 2.52. The van der Waals surface area contributed by atoms with E-state index < -0.39 is 16.1 Å². The first-order chi connectivity index (χ1) is 13.3. The molecule has 152 valence electrons. The largest absolute Gasteiger partial charge is 0.349 e. The molecule has 6 rings (SSSR count). The number of nitrogens with one attached hydrogen (secondary N) is 1. The molecular weight excluding hydrogens is 440 g/mol. The SMILES string of the molecule is O=C(NC12CC3CC(CC(C3)C1)C2)[C@H]1CCCN1S(=O)(=O)c1ccc(Br)cc1. The molecular formula is C21H27BrN2O3S. The van der Waals surface area contributed by atoms with Gasteiger partial charge in [0.25, 0.3) is 0 Å². The number of carbonyl (C=O) groups is 1. The molecule has 5 aliphatic rings. The summed E-state index contributed by atoms with van der Waals surface area (Å²) in [7, 11) is -3.66. The van der Waals surface area contributed by atoms with Gasteiger partial charge in [-0.25, -0.2) is 8.42 Å². The first kappa shape index (κ1) is 19.1. The van der Waals surface area contributed by atoms with Crippen LogP contribution in [0.25, 0.3) is 0 Å². The van der Waals surface area contributed by atoms with Crippen LogP contribution in [0.2, 0.25) is 0 Å².